The Morgan fingerprint density at radius 2 is 2.09 bits per heavy atom. The van der Waals surface area contributed by atoms with Gasteiger partial charge >= 0.3 is 5.97 Å². The number of halogens is 1. The normalized spacial score (nSPS) is 20.3. The molecular formula is C18H20FNO2S. The average molecular weight is 333 g/mol. The van der Waals surface area contributed by atoms with Crippen molar-refractivity contribution in [1.29, 1.82) is 0 Å². The van der Waals surface area contributed by atoms with Crippen LogP contribution in [0.5, 0.6) is 0 Å². The number of carboxylic acid groups (broad SMARTS) is 1. The van der Waals surface area contributed by atoms with Crippen LogP contribution in [0.2, 0.25) is 0 Å². The topological polar surface area (TPSA) is 40.5 Å². The van der Waals surface area contributed by atoms with Crippen LogP contribution in [0.1, 0.15) is 34.9 Å². The molecule has 23 heavy (non-hydrogen) atoms. The molecule has 0 radical (unpaired) electrons. The number of likely N-dealkylation sites (tertiary alicyclic amines) is 1. The standard InChI is InChI=1S/C18H20FNO2S/c1-12-8-10-23-17(12)16(13-4-6-15(19)7-5-13)20-9-2-3-14(11-20)18(21)22/h4-8,10,14,16H,2-3,9,11H2,1H3,(H,21,22). The quantitative estimate of drug-likeness (QED) is 0.916. The van der Waals surface area contributed by atoms with Crippen molar-refractivity contribution in [2.24, 2.45) is 5.92 Å². The second-order valence-corrected chi connectivity index (χ2v) is 7.04. The summed E-state index contributed by atoms with van der Waals surface area (Å²) in [6.07, 6.45) is 1.60. The van der Waals surface area contributed by atoms with Crippen LogP contribution in [0.15, 0.2) is 35.7 Å². The van der Waals surface area contributed by atoms with Crippen molar-refractivity contribution in [3.63, 3.8) is 0 Å². The highest BCUT2D eigenvalue weighted by Gasteiger charge is 2.32. The third-order valence-electron chi connectivity index (χ3n) is 4.50. The van der Waals surface area contributed by atoms with Crippen molar-refractivity contribution in [1.82, 2.24) is 4.90 Å². The van der Waals surface area contributed by atoms with Gasteiger partial charge in [0, 0.05) is 11.4 Å². The molecule has 122 valence electrons. The lowest BCUT2D eigenvalue weighted by molar-refractivity contribution is -0.143. The van der Waals surface area contributed by atoms with Crippen molar-refractivity contribution in [2.45, 2.75) is 25.8 Å². The minimum Gasteiger partial charge on any atom is -0.481 e. The van der Waals surface area contributed by atoms with Gasteiger partial charge in [-0.2, -0.15) is 0 Å². The Hall–Kier alpha value is -1.72. The molecule has 1 fully saturated rings. The maximum Gasteiger partial charge on any atom is 0.307 e. The first-order chi connectivity index (χ1) is 11.1. The van der Waals surface area contributed by atoms with Gasteiger partial charge in [-0.15, -0.1) is 11.3 Å². The van der Waals surface area contributed by atoms with Crippen molar-refractivity contribution in [2.75, 3.05) is 13.1 Å². The lowest BCUT2D eigenvalue weighted by Crippen LogP contribution is -2.41. The number of hydrogen-bond donors (Lipinski definition) is 1. The highest BCUT2D eigenvalue weighted by Crippen LogP contribution is 2.36. The second-order valence-electron chi connectivity index (χ2n) is 6.09. The van der Waals surface area contributed by atoms with E-state index in [1.807, 2.05) is 12.1 Å². The lowest BCUT2D eigenvalue weighted by Gasteiger charge is -2.37. The Morgan fingerprint density at radius 1 is 1.35 bits per heavy atom. The molecule has 3 rings (SSSR count). The number of nitrogens with zero attached hydrogens (tertiary/aromatic N) is 1. The van der Waals surface area contributed by atoms with Gasteiger partial charge in [0.05, 0.1) is 12.0 Å². The molecular weight excluding hydrogens is 313 g/mol. The number of aliphatic carboxylic acids is 1. The van der Waals surface area contributed by atoms with E-state index in [1.165, 1.54) is 22.6 Å². The molecule has 2 atom stereocenters. The van der Waals surface area contributed by atoms with Crippen molar-refractivity contribution >= 4 is 17.3 Å². The Labute approximate surface area is 139 Å². The van der Waals surface area contributed by atoms with E-state index in [9.17, 15) is 14.3 Å². The van der Waals surface area contributed by atoms with Gasteiger partial charge in [0.2, 0.25) is 0 Å². The number of thiophene rings is 1. The zero-order valence-electron chi connectivity index (χ0n) is 13.0. The molecule has 0 saturated carbocycles. The fourth-order valence-corrected chi connectivity index (χ4v) is 4.37. The molecule has 1 aliphatic rings. The van der Waals surface area contributed by atoms with Crippen LogP contribution in [0, 0.1) is 18.7 Å². The number of benzene rings is 1. The van der Waals surface area contributed by atoms with E-state index in [1.54, 1.807) is 11.3 Å². The number of rotatable bonds is 4. The molecule has 2 unspecified atom stereocenters. The van der Waals surface area contributed by atoms with E-state index in [2.05, 4.69) is 23.3 Å². The summed E-state index contributed by atoms with van der Waals surface area (Å²) in [6.45, 7) is 3.47. The largest absolute Gasteiger partial charge is 0.481 e. The molecule has 3 nitrogen and oxygen atoms in total. The molecule has 1 aromatic carbocycles. The highest BCUT2D eigenvalue weighted by atomic mass is 32.1. The summed E-state index contributed by atoms with van der Waals surface area (Å²) in [5.74, 6) is -1.31. The van der Waals surface area contributed by atoms with Crippen LogP contribution < -0.4 is 0 Å². The first-order valence-electron chi connectivity index (χ1n) is 7.82. The molecule has 2 aromatic rings. The van der Waals surface area contributed by atoms with E-state index >= 15 is 0 Å². The molecule has 1 aliphatic heterocycles. The smallest absolute Gasteiger partial charge is 0.307 e. The van der Waals surface area contributed by atoms with Crippen molar-refractivity contribution in [3.05, 3.63) is 57.5 Å². The number of aryl methyl sites for hydroxylation is 1. The highest BCUT2D eigenvalue weighted by molar-refractivity contribution is 7.10. The maximum atomic E-state index is 13.3. The number of hydrogen-bond acceptors (Lipinski definition) is 3. The zero-order valence-corrected chi connectivity index (χ0v) is 13.9. The van der Waals surface area contributed by atoms with Crippen molar-refractivity contribution < 1.29 is 14.3 Å². The molecule has 0 spiro atoms. The average Bonchev–Trinajstić information content (AvgIpc) is 2.96. The van der Waals surface area contributed by atoms with E-state index < -0.39 is 5.97 Å². The Kier molecular flexibility index (Phi) is 4.78. The van der Waals surface area contributed by atoms with Crippen molar-refractivity contribution in [3.8, 4) is 0 Å². The Bertz CT molecular complexity index is 683. The van der Waals surface area contributed by atoms with Gasteiger partial charge in [-0.1, -0.05) is 12.1 Å². The fourth-order valence-electron chi connectivity index (χ4n) is 3.28. The zero-order chi connectivity index (χ0) is 16.4. The molecule has 0 aliphatic carbocycles. The van der Waals surface area contributed by atoms with Crippen LogP contribution in [-0.2, 0) is 4.79 Å². The molecule has 5 heteroatoms. The molecule has 0 bridgehead atoms. The van der Waals surface area contributed by atoms with Gasteiger partial charge in [0.25, 0.3) is 0 Å². The maximum absolute atomic E-state index is 13.3. The number of piperidine rings is 1. The monoisotopic (exact) mass is 333 g/mol. The van der Waals surface area contributed by atoms with Gasteiger partial charge in [-0.25, -0.2) is 4.39 Å². The minimum atomic E-state index is -0.726. The summed E-state index contributed by atoms with van der Waals surface area (Å²) in [7, 11) is 0. The summed E-state index contributed by atoms with van der Waals surface area (Å²) in [4.78, 5) is 14.8. The van der Waals surface area contributed by atoms with Crippen LogP contribution in [-0.4, -0.2) is 29.1 Å². The van der Waals surface area contributed by atoms with Crippen LogP contribution in [0.4, 0.5) is 4.39 Å². The third-order valence-corrected chi connectivity index (χ3v) is 5.57. The van der Waals surface area contributed by atoms with Crippen LogP contribution in [0.3, 0.4) is 0 Å². The second kappa shape index (κ2) is 6.81. The van der Waals surface area contributed by atoms with Crippen LogP contribution in [0.25, 0.3) is 0 Å². The van der Waals surface area contributed by atoms with Crippen LogP contribution >= 0.6 is 11.3 Å². The SMILES string of the molecule is Cc1ccsc1C(c1ccc(F)cc1)N1CCCC(C(=O)O)C1. The van der Waals surface area contributed by atoms with E-state index in [4.69, 9.17) is 0 Å². The van der Waals surface area contributed by atoms with Gasteiger partial charge in [0.15, 0.2) is 0 Å². The summed E-state index contributed by atoms with van der Waals surface area (Å²) < 4.78 is 13.3. The summed E-state index contributed by atoms with van der Waals surface area (Å²) >= 11 is 1.68. The van der Waals surface area contributed by atoms with E-state index in [0.717, 1.165) is 24.9 Å². The lowest BCUT2D eigenvalue weighted by atomic mass is 9.93. The molecule has 0 amide bonds. The summed E-state index contributed by atoms with van der Waals surface area (Å²) in [5.41, 5.74) is 2.21. The molecule has 1 aromatic heterocycles. The Morgan fingerprint density at radius 3 is 2.70 bits per heavy atom. The van der Waals surface area contributed by atoms with Gasteiger partial charge in [0.1, 0.15) is 5.82 Å². The Balaban J connectivity index is 1.97. The predicted molar refractivity (Wildman–Crippen MR) is 89.2 cm³/mol. The predicted octanol–water partition coefficient (Wildman–Crippen LogP) is 4.08. The molecule has 1 saturated heterocycles. The van der Waals surface area contributed by atoms with E-state index in [-0.39, 0.29) is 17.8 Å². The number of carboxylic acids is 1. The molecule has 1 N–H and O–H groups in total. The van der Waals surface area contributed by atoms with E-state index in [0.29, 0.717) is 6.54 Å². The van der Waals surface area contributed by atoms with Gasteiger partial charge in [-0.05, 0) is 61.0 Å². The number of carbonyl (C=O) groups is 1. The molecule has 2 heterocycles. The first kappa shape index (κ1) is 16.1. The fraction of sp³-hybridized carbons (Fsp3) is 0.389. The van der Waals surface area contributed by atoms with Gasteiger partial charge < -0.3 is 5.11 Å². The first-order valence-corrected chi connectivity index (χ1v) is 8.70. The minimum absolute atomic E-state index is 0.00208. The summed E-state index contributed by atoms with van der Waals surface area (Å²) in [6, 6.07) is 8.65. The summed E-state index contributed by atoms with van der Waals surface area (Å²) in [5, 5.41) is 11.4. The van der Waals surface area contributed by atoms with Gasteiger partial charge in [-0.3, -0.25) is 9.69 Å². The third kappa shape index (κ3) is 3.46.